The Morgan fingerprint density at radius 2 is 2.29 bits per heavy atom. The van der Waals surface area contributed by atoms with Gasteiger partial charge in [0.25, 0.3) is 0 Å². The highest BCUT2D eigenvalue weighted by molar-refractivity contribution is 5.75. The van der Waals surface area contributed by atoms with Gasteiger partial charge in [-0.25, -0.2) is 0 Å². The van der Waals surface area contributed by atoms with E-state index >= 15 is 0 Å². The molecule has 0 aromatic carbocycles. The highest BCUT2D eigenvalue weighted by Crippen LogP contribution is 2.19. The molecule has 1 rings (SSSR count). The SMILES string of the molecule is CCCCCC(=O)NCC(C)(O)c1ccco1. The van der Waals surface area contributed by atoms with Gasteiger partial charge in [0, 0.05) is 6.42 Å². The maximum atomic E-state index is 11.5. The van der Waals surface area contributed by atoms with Crippen molar-refractivity contribution in [2.45, 2.75) is 45.1 Å². The molecule has 4 heteroatoms. The lowest BCUT2D eigenvalue weighted by molar-refractivity contribution is -0.122. The third kappa shape index (κ3) is 4.61. The van der Waals surface area contributed by atoms with Gasteiger partial charge in [-0.15, -0.1) is 0 Å². The fourth-order valence-electron chi connectivity index (χ4n) is 1.57. The second kappa shape index (κ2) is 6.45. The minimum atomic E-state index is -1.15. The van der Waals surface area contributed by atoms with Crippen LogP contribution in [0.1, 0.15) is 45.3 Å². The quantitative estimate of drug-likeness (QED) is 0.717. The first-order chi connectivity index (χ1) is 8.06. The largest absolute Gasteiger partial charge is 0.466 e. The number of carbonyl (C=O) groups is 1. The Morgan fingerprint density at radius 3 is 2.88 bits per heavy atom. The standard InChI is InChI=1S/C13H21NO3/c1-3-4-5-8-12(15)14-10-13(2,16)11-7-6-9-17-11/h6-7,9,16H,3-5,8,10H2,1-2H3,(H,14,15). The third-order valence-corrected chi connectivity index (χ3v) is 2.69. The molecule has 0 aliphatic heterocycles. The maximum absolute atomic E-state index is 11.5. The van der Waals surface area contributed by atoms with Crippen LogP contribution in [0.4, 0.5) is 0 Å². The first-order valence-electron chi connectivity index (χ1n) is 6.09. The van der Waals surface area contributed by atoms with E-state index in [1.54, 1.807) is 19.1 Å². The second-order valence-electron chi connectivity index (χ2n) is 4.48. The third-order valence-electron chi connectivity index (χ3n) is 2.69. The minimum absolute atomic E-state index is 0.0229. The van der Waals surface area contributed by atoms with Gasteiger partial charge < -0.3 is 14.8 Å². The first kappa shape index (κ1) is 13.8. The molecule has 17 heavy (non-hydrogen) atoms. The highest BCUT2D eigenvalue weighted by atomic mass is 16.4. The number of carbonyl (C=O) groups excluding carboxylic acids is 1. The van der Waals surface area contributed by atoms with E-state index in [1.165, 1.54) is 6.26 Å². The van der Waals surface area contributed by atoms with Crippen molar-refractivity contribution in [1.82, 2.24) is 5.32 Å². The molecule has 1 amide bonds. The molecular weight excluding hydrogens is 218 g/mol. The summed E-state index contributed by atoms with van der Waals surface area (Å²) in [6.45, 7) is 3.89. The van der Waals surface area contributed by atoms with Gasteiger partial charge in [-0.05, 0) is 25.5 Å². The molecule has 0 fully saturated rings. The lowest BCUT2D eigenvalue weighted by atomic mass is 10.0. The van der Waals surface area contributed by atoms with E-state index in [1.807, 2.05) is 0 Å². The van der Waals surface area contributed by atoms with Crippen LogP contribution in [0.5, 0.6) is 0 Å². The molecule has 1 atom stereocenters. The number of amides is 1. The molecular formula is C13H21NO3. The number of aliphatic hydroxyl groups is 1. The van der Waals surface area contributed by atoms with Crippen LogP contribution in [0.3, 0.4) is 0 Å². The van der Waals surface area contributed by atoms with Gasteiger partial charge in [-0.1, -0.05) is 19.8 Å². The maximum Gasteiger partial charge on any atom is 0.220 e. The van der Waals surface area contributed by atoms with Gasteiger partial charge in [0.2, 0.25) is 5.91 Å². The van der Waals surface area contributed by atoms with Crippen LogP contribution in [-0.2, 0) is 10.4 Å². The molecule has 2 N–H and O–H groups in total. The molecule has 4 nitrogen and oxygen atoms in total. The summed E-state index contributed by atoms with van der Waals surface area (Å²) in [5.74, 6) is 0.441. The Balaban J connectivity index is 2.32. The molecule has 96 valence electrons. The molecule has 0 saturated heterocycles. The van der Waals surface area contributed by atoms with E-state index in [0.717, 1.165) is 19.3 Å². The summed E-state index contributed by atoms with van der Waals surface area (Å²) in [5.41, 5.74) is -1.15. The highest BCUT2D eigenvalue weighted by Gasteiger charge is 2.26. The van der Waals surface area contributed by atoms with Crippen molar-refractivity contribution in [2.24, 2.45) is 0 Å². The van der Waals surface area contributed by atoms with Crippen LogP contribution < -0.4 is 5.32 Å². The predicted molar refractivity (Wildman–Crippen MR) is 65.4 cm³/mol. The molecule has 1 aromatic rings. The zero-order valence-corrected chi connectivity index (χ0v) is 10.5. The molecule has 1 unspecified atom stereocenters. The number of unbranched alkanes of at least 4 members (excludes halogenated alkanes) is 2. The van der Waals surface area contributed by atoms with Gasteiger partial charge >= 0.3 is 0 Å². The van der Waals surface area contributed by atoms with Crippen LogP contribution >= 0.6 is 0 Å². The Morgan fingerprint density at radius 1 is 1.53 bits per heavy atom. The van der Waals surface area contributed by atoms with E-state index in [2.05, 4.69) is 12.2 Å². The molecule has 0 spiro atoms. The van der Waals surface area contributed by atoms with Gasteiger partial charge in [0.15, 0.2) is 0 Å². The fraction of sp³-hybridized carbons (Fsp3) is 0.615. The van der Waals surface area contributed by atoms with Gasteiger partial charge in [-0.3, -0.25) is 4.79 Å². The topological polar surface area (TPSA) is 62.5 Å². The van der Waals surface area contributed by atoms with Crippen molar-refractivity contribution in [3.63, 3.8) is 0 Å². The van der Waals surface area contributed by atoms with Crippen molar-refractivity contribution in [3.05, 3.63) is 24.2 Å². The van der Waals surface area contributed by atoms with E-state index < -0.39 is 5.60 Å². The summed E-state index contributed by atoms with van der Waals surface area (Å²) in [4.78, 5) is 11.5. The van der Waals surface area contributed by atoms with Crippen molar-refractivity contribution in [2.75, 3.05) is 6.54 Å². The number of hydrogen-bond donors (Lipinski definition) is 2. The Hall–Kier alpha value is -1.29. The molecule has 0 aliphatic carbocycles. The minimum Gasteiger partial charge on any atom is -0.466 e. The van der Waals surface area contributed by atoms with Gasteiger partial charge in [0.1, 0.15) is 11.4 Å². The Kier molecular flexibility index (Phi) is 5.22. The van der Waals surface area contributed by atoms with Crippen LogP contribution in [0.2, 0.25) is 0 Å². The summed E-state index contributed by atoms with van der Waals surface area (Å²) < 4.78 is 5.13. The van der Waals surface area contributed by atoms with Crippen molar-refractivity contribution >= 4 is 5.91 Å². The average Bonchev–Trinajstić information content (AvgIpc) is 2.81. The first-order valence-corrected chi connectivity index (χ1v) is 6.09. The molecule has 1 aromatic heterocycles. The van der Waals surface area contributed by atoms with E-state index in [0.29, 0.717) is 12.2 Å². The molecule has 1 heterocycles. The summed E-state index contributed by atoms with van der Waals surface area (Å²) in [6.07, 6.45) is 5.07. The smallest absolute Gasteiger partial charge is 0.220 e. The van der Waals surface area contributed by atoms with E-state index in [-0.39, 0.29) is 12.5 Å². The lowest BCUT2D eigenvalue weighted by Crippen LogP contribution is -2.38. The molecule has 0 aliphatic rings. The monoisotopic (exact) mass is 239 g/mol. The van der Waals surface area contributed by atoms with E-state index in [4.69, 9.17) is 4.42 Å². The summed E-state index contributed by atoms with van der Waals surface area (Å²) >= 11 is 0. The summed E-state index contributed by atoms with van der Waals surface area (Å²) in [5, 5.41) is 12.8. The van der Waals surface area contributed by atoms with Crippen LogP contribution in [0, 0.1) is 0 Å². The van der Waals surface area contributed by atoms with Crippen LogP contribution in [0.15, 0.2) is 22.8 Å². The number of rotatable bonds is 7. The zero-order valence-electron chi connectivity index (χ0n) is 10.5. The molecule has 0 bridgehead atoms. The van der Waals surface area contributed by atoms with Crippen molar-refractivity contribution in [1.29, 1.82) is 0 Å². The second-order valence-corrected chi connectivity index (χ2v) is 4.48. The predicted octanol–water partition coefficient (Wildman–Crippen LogP) is 2.18. The Bertz CT molecular complexity index is 330. The summed E-state index contributed by atoms with van der Waals surface area (Å²) in [6, 6.07) is 3.41. The normalized spacial score (nSPS) is 14.3. The van der Waals surface area contributed by atoms with Crippen LogP contribution in [0.25, 0.3) is 0 Å². The Labute approximate surface area is 102 Å². The number of hydrogen-bond acceptors (Lipinski definition) is 3. The average molecular weight is 239 g/mol. The van der Waals surface area contributed by atoms with Gasteiger partial charge in [0.05, 0.1) is 12.8 Å². The summed E-state index contributed by atoms with van der Waals surface area (Å²) in [7, 11) is 0. The van der Waals surface area contributed by atoms with Crippen molar-refractivity contribution < 1.29 is 14.3 Å². The zero-order chi connectivity index (χ0) is 12.7. The number of nitrogens with one attached hydrogen (secondary N) is 1. The van der Waals surface area contributed by atoms with Gasteiger partial charge in [-0.2, -0.15) is 0 Å². The fourth-order valence-corrected chi connectivity index (χ4v) is 1.57. The van der Waals surface area contributed by atoms with E-state index in [9.17, 15) is 9.90 Å². The number of furan rings is 1. The van der Waals surface area contributed by atoms with Crippen LogP contribution in [-0.4, -0.2) is 17.6 Å². The van der Waals surface area contributed by atoms with Crippen molar-refractivity contribution in [3.8, 4) is 0 Å². The molecule has 0 radical (unpaired) electrons. The lowest BCUT2D eigenvalue weighted by Gasteiger charge is -2.21. The molecule has 0 saturated carbocycles.